The maximum absolute atomic E-state index is 12.1. The Morgan fingerprint density at radius 1 is 1.12 bits per heavy atom. The summed E-state index contributed by atoms with van der Waals surface area (Å²) < 4.78 is 0. The fourth-order valence-electron chi connectivity index (χ4n) is 3.78. The van der Waals surface area contributed by atoms with Gasteiger partial charge in [0.2, 0.25) is 0 Å². The molecule has 0 saturated heterocycles. The summed E-state index contributed by atoms with van der Waals surface area (Å²) in [7, 11) is 0. The maximum Gasteiger partial charge on any atom is 0.303 e. The molecule has 0 aromatic rings. The molecule has 0 fully saturated rings. The number of unbranched alkanes of at least 4 members (excludes halogenated alkanes) is 6. The number of carbonyl (C=O) groups is 2. The molecule has 4 heteroatoms. The highest BCUT2D eigenvalue weighted by atomic mass is 16.4. The van der Waals surface area contributed by atoms with Gasteiger partial charge in [0.15, 0.2) is 5.78 Å². The molecular weight excluding hydrogens is 316 g/mol. The second-order valence-electron chi connectivity index (χ2n) is 7.61. The molecule has 0 aliphatic heterocycles. The summed E-state index contributed by atoms with van der Waals surface area (Å²) in [5.41, 5.74) is 0. The Kier molecular flexibility index (Phi) is 10.7. The maximum atomic E-state index is 12.1. The summed E-state index contributed by atoms with van der Waals surface area (Å²) in [6.45, 7) is 4.29. The topological polar surface area (TPSA) is 74.6 Å². The predicted octanol–water partition coefficient (Wildman–Crippen LogP) is 4.75. The lowest BCUT2D eigenvalue weighted by atomic mass is 9.80. The van der Waals surface area contributed by atoms with E-state index < -0.39 is 12.1 Å². The van der Waals surface area contributed by atoms with E-state index in [0.717, 1.165) is 38.5 Å². The van der Waals surface area contributed by atoms with Crippen LogP contribution in [0.15, 0.2) is 12.2 Å². The monoisotopic (exact) mass is 352 g/mol. The van der Waals surface area contributed by atoms with Gasteiger partial charge in [-0.15, -0.1) is 0 Å². The van der Waals surface area contributed by atoms with Crippen LogP contribution in [-0.2, 0) is 9.59 Å². The number of allylic oxidation sites excluding steroid dienone is 1. The number of hydrogen-bond acceptors (Lipinski definition) is 3. The van der Waals surface area contributed by atoms with Crippen LogP contribution in [0.2, 0.25) is 0 Å². The highest BCUT2D eigenvalue weighted by Crippen LogP contribution is 2.34. The van der Waals surface area contributed by atoms with Crippen LogP contribution in [0.25, 0.3) is 0 Å². The average molecular weight is 353 g/mol. The van der Waals surface area contributed by atoms with Gasteiger partial charge in [0.1, 0.15) is 0 Å². The summed E-state index contributed by atoms with van der Waals surface area (Å²) in [6.07, 6.45) is 13.4. The number of aliphatic hydroxyl groups is 1. The third-order valence-electron chi connectivity index (χ3n) is 5.46. The molecule has 1 aliphatic carbocycles. The Bertz CT molecular complexity index is 430. The summed E-state index contributed by atoms with van der Waals surface area (Å²) in [5, 5.41) is 19.3. The van der Waals surface area contributed by atoms with Crippen LogP contribution in [0.3, 0.4) is 0 Å². The number of rotatable bonds is 14. The molecule has 2 N–H and O–H groups in total. The molecule has 1 aliphatic rings. The fraction of sp³-hybridized carbons (Fsp3) is 0.810. The Labute approximate surface area is 152 Å². The van der Waals surface area contributed by atoms with E-state index in [1.165, 1.54) is 19.3 Å². The van der Waals surface area contributed by atoms with Crippen molar-refractivity contribution in [2.75, 3.05) is 0 Å². The first-order chi connectivity index (χ1) is 12.0. The van der Waals surface area contributed by atoms with E-state index >= 15 is 0 Å². The summed E-state index contributed by atoms with van der Waals surface area (Å²) in [6, 6.07) is 0. The van der Waals surface area contributed by atoms with Crippen molar-refractivity contribution in [2.24, 2.45) is 17.8 Å². The first-order valence-corrected chi connectivity index (χ1v) is 10.1. The quantitative estimate of drug-likeness (QED) is 0.442. The van der Waals surface area contributed by atoms with E-state index in [4.69, 9.17) is 5.11 Å². The molecule has 0 aromatic carbocycles. The first-order valence-electron chi connectivity index (χ1n) is 10.1. The highest BCUT2D eigenvalue weighted by molar-refractivity contribution is 5.94. The molecule has 0 radical (unpaired) electrons. The Hall–Kier alpha value is -1.16. The minimum Gasteiger partial charge on any atom is -0.481 e. The lowest BCUT2D eigenvalue weighted by Gasteiger charge is -2.28. The predicted molar refractivity (Wildman–Crippen MR) is 100 cm³/mol. The molecule has 4 atom stereocenters. The molecule has 0 saturated carbocycles. The molecule has 0 bridgehead atoms. The van der Waals surface area contributed by atoms with E-state index in [2.05, 4.69) is 13.8 Å². The second-order valence-corrected chi connectivity index (χ2v) is 7.61. The smallest absolute Gasteiger partial charge is 0.303 e. The van der Waals surface area contributed by atoms with Crippen molar-refractivity contribution in [1.29, 1.82) is 0 Å². The number of carbonyl (C=O) groups excluding carboxylic acids is 1. The van der Waals surface area contributed by atoms with Crippen LogP contribution >= 0.6 is 0 Å². The van der Waals surface area contributed by atoms with Gasteiger partial charge < -0.3 is 10.2 Å². The number of aliphatic carboxylic acids is 1. The van der Waals surface area contributed by atoms with E-state index in [9.17, 15) is 14.7 Å². The molecule has 4 nitrogen and oxygen atoms in total. The van der Waals surface area contributed by atoms with Crippen molar-refractivity contribution in [3.05, 3.63) is 12.2 Å². The number of ketones is 1. The molecule has 1 rings (SSSR count). The molecule has 0 aromatic heterocycles. The van der Waals surface area contributed by atoms with Gasteiger partial charge in [-0.2, -0.15) is 0 Å². The second kappa shape index (κ2) is 12.2. The van der Waals surface area contributed by atoms with Crippen LogP contribution < -0.4 is 0 Å². The Morgan fingerprint density at radius 2 is 1.80 bits per heavy atom. The van der Waals surface area contributed by atoms with Gasteiger partial charge in [0.25, 0.3) is 0 Å². The fourth-order valence-corrected chi connectivity index (χ4v) is 3.78. The Balaban J connectivity index is 2.34. The average Bonchev–Trinajstić information content (AvgIpc) is 2.94. The minimum absolute atomic E-state index is 0.0484. The van der Waals surface area contributed by atoms with E-state index in [-0.39, 0.29) is 30.0 Å². The van der Waals surface area contributed by atoms with Crippen LogP contribution in [0, 0.1) is 17.8 Å². The Morgan fingerprint density at radius 3 is 2.48 bits per heavy atom. The summed E-state index contributed by atoms with van der Waals surface area (Å²) in [5.74, 6) is -0.519. The zero-order valence-corrected chi connectivity index (χ0v) is 16.0. The largest absolute Gasteiger partial charge is 0.481 e. The number of aliphatic hydroxyl groups excluding tert-OH is 1. The van der Waals surface area contributed by atoms with E-state index in [1.54, 1.807) is 6.08 Å². The van der Waals surface area contributed by atoms with Crippen molar-refractivity contribution < 1.29 is 19.8 Å². The van der Waals surface area contributed by atoms with Crippen LogP contribution in [0.4, 0.5) is 0 Å². The third kappa shape index (κ3) is 8.17. The number of carboxylic acids is 1. The molecule has 25 heavy (non-hydrogen) atoms. The standard InChI is InChI=1S/C21H36O4/c1-3-4-5-8-11-16(2)21(25)18-14-15-19(22)17(18)12-9-6-7-10-13-20(23)24/h14-18,21,25H,3-13H2,1-2H3,(H,23,24)/t16?,17-,18+,21?/m1/s1. The third-order valence-corrected chi connectivity index (χ3v) is 5.46. The zero-order valence-electron chi connectivity index (χ0n) is 16.0. The van der Waals surface area contributed by atoms with Crippen molar-refractivity contribution in [3.63, 3.8) is 0 Å². The molecular formula is C21H36O4. The van der Waals surface area contributed by atoms with Crippen LogP contribution in [0.5, 0.6) is 0 Å². The SMILES string of the molecule is CCCCCCC(C)C(O)[C@H]1C=CC(=O)[C@@H]1CCCCCCC(=O)O. The number of hydrogen-bond donors (Lipinski definition) is 2. The molecule has 0 spiro atoms. The van der Waals surface area contributed by atoms with Crippen molar-refractivity contribution in [2.45, 2.75) is 90.6 Å². The highest BCUT2D eigenvalue weighted by Gasteiger charge is 2.36. The molecule has 0 amide bonds. The normalized spacial score (nSPS) is 22.3. The molecule has 0 heterocycles. The van der Waals surface area contributed by atoms with Crippen molar-refractivity contribution in [1.82, 2.24) is 0 Å². The van der Waals surface area contributed by atoms with Gasteiger partial charge in [-0.1, -0.05) is 64.9 Å². The molecule has 2 unspecified atom stereocenters. The lowest BCUT2D eigenvalue weighted by molar-refractivity contribution is -0.137. The van der Waals surface area contributed by atoms with Gasteiger partial charge in [0, 0.05) is 18.3 Å². The van der Waals surface area contributed by atoms with Crippen LogP contribution in [-0.4, -0.2) is 28.1 Å². The summed E-state index contributed by atoms with van der Waals surface area (Å²) in [4.78, 5) is 22.6. The van der Waals surface area contributed by atoms with Gasteiger partial charge in [-0.25, -0.2) is 0 Å². The van der Waals surface area contributed by atoms with Gasteiger partial charge in [0.05, 0.1) is 6.10 Å². The zero-order chi connectivity index (χ0) is 18.7. The van der Waals surface area contributed by atoms with Gasteiger partial charge in [-0.3, -0.25) is 9.59 Å². The summed E-state index contributed by atoms with van der Waals surface area (Å²) >= 11 is 0. The van der Waals surface area contributed by atoms with Gasteiger partial charge in [-0.05, 0) is 31.3 Å². The van der Waals surface area contributed by atoms with E-state index in [1.807, 2.05) is 6.08 Å². The number of carboxylic acid groups (broad SMARTS) is 1. The minimum atomic E-state index is -0.744. The van der Waals surface area contributed by atoms with Gasteiger partial charge >= 0.3 is 5.97 Å². The van der Waals surface area contributed by atoms with Crippen LogP contribution in [0.1, 0.15) is 84.5 Å². The van der Waals surface area contributed by atoms with Crippen molar-refractivity contribution >= 4 is 11.8 Å². The molecule has 144 valence electrons. The van der Waals surface area contributed by atoms with Crippen molar-refractivity contribution in [3.8, 4) is 0 Å². The lowest BCUT2D eigenvalue weighted by Crippen LogP contribution is -2.32. The van der Waals surface area contributed by atoms with E-state index in [0.29, 0.717) is 6.42 Å². The first kappa shape index (κ1) is 21.9.